The smallest absolute Gasteiger partial charge is 0.230 e. The molecule has 1 saturated heterocycles. The normalized spacial score (nSPS) is 14.0. The van der Waals surface area contributed by atoms with Crippen LogP contribution in [0.15, 0.2) is 36.8 Å². The van der Waals surface area contributed by atoms with Crippen LogP contribution < -0.4 is 16.0 Å². The van der Waals surface area contributed by atoms with Crippen molar-refractivity contribution in [2.75, 3.05) is 48.8 Å². The van der Waals surface area contributed by atoms with Crippen molar-refractivity contribution in [3.05, 3.63) is 47.9 Å². The van der Waals surface area contributed by atoms with Gasteiger partial charge >= 0.3 is 0 Å². The van der Waals surface area contributed by atoms with Crippen LogP contribution in [0.2, 0.25) is 0 Å². The van der Waals surface area contributed by atoms with Crippen LogP contribution in [0.1, 0.15) is 11.1 Å². The fraction of sp³-hybridized carbons (Fsp3) is 0.350. The number of hydrogen-bond donors (Lipinski definition) is 2. The molecule has 4 rings (SSSR count). The molecule has 0 saturated carbocycles. The first-order valence-corrected chi connectivity index (χ1v) is 9.63. The minimum Gasteiger partial charge on any atom is -0.384 e. The first-order valence-electron chi connectivity index (χ1n) is 9.63. The van der Waals surface area contributed by atoms with E-state index in [2.05, 4.69) is 36.2 Å². The fourth-order valence-corrected chi connectivity index (χ4v) is 3.15. The highest BCUT2D eigenvalue weighted by atomic mass is 16.5. The largest absolute Gasteiger partial charge is 0.384 e. The summed E-state index contributed by atoms with van der Waals surface area (Å²) in [5.41, 5.74) is 8.76. The van der Waals surface area contributed by atoms with E-state index in [0.29, 0.717) is 43.3 Å². The molecule has 9 nitrogen and oxygen atoms in total. The van der Waals surface area contributed by atoms with Gasteiger partial charge in [0.2, 0.25) is 11.9 Å². The van der Waals surface area contributed by atoms with E-state index in [-0.39, 0.29) is 0 Å². The molecule has 0 aromatic carbocycles. The molecule has 0 unspecified atom stereocenters. The van der Waals surface area contributed by atoms with Crippen molar-refractivity contribution >= 4 is 17.7 Å². The molecule has 3 N–H and O–H groups in total. The SMILES string of the molecule is Cc1cc(N)ncc1-c1nc(NCCc2cccnc2)nc(N2CCOCC2)n1. The predicted molar refractivity (Wildman–Crippen MR) is 112 cm³/mol. The summed E-state index contributed by atoms with van der Waals surface area (Å²) in [5.74, 6) is 2.23. The molecule has 0 atom stereocenters. The Morgan fingerprint density at radius 1 is 1.17 bits per heavy atom. The third-order valence-corrected chi connectivity index (χ3v) is 4.71. The number of nitrogen functional groups attached to an aromatic ring is 1. The van der Waals surface area contributed by atoms with Crippen LogP contribution in [0.25, 0.3) is 11.4 Å². The van der Waals surface area contributed by atoms with Gasteiger partial charge in [-0.25, -0.2) is 4.98 Å². The van der Waals surface area contributed by atoms with Crippen LogP contribution in [0.4, 0.5) is 17.7 Å². The van der Waals surface area contributed by atoms with Crippen molar-refractivity contribution in [1.29, 1.82) is 0 Å². The Balaban J connectivity index is 1.60. The summed E-state index contributed by atoms with van der Waals surface area (Å²) < 4.78 is 5.45. The molecule has 0 radical (unpaired) electrons. The third kappa shape index (κ3) is 4.75. The zero-order valence-electron chi connectivity index (χ0n) is 16.4. The average molecular weight is 392 g/mol. The van der Waals surface area contributed by atoms with Crippen molar-refractivity contribution in [2.45, 2.75) is 13.3 Å². The highest BCUT2D eigenvalue weighted by molar-refractivity contribution is 5.63. The molecule has 4 heterocycles. The number of aryl methyl sites for hydroxylation is 1. The van der Waals surface area contributed by atoms with Gasteiger partial charge in [-0.1, -0.05) is 6.07 Å². The van der Waals surface area contributed by atoms with E-state index >= 15 is 0 Å². The lowest BCUT2D eigenvalue weighted by atomic mass is 10.1. The summed E-state index contributed by atoms with van der Waals surface area (Å²) in [6.45, 7) is 5.48. The summed E-state index contributed by atoms with van der Waals surface area (Å²) in [6.07, 6.45) is 6.17. The zero-order valence-corrected chi connectivity index (χ0v) is 16.4. The highest BCUT2D eigenvalue weighted by Crippen LogP contribution is 2.23. The Labute approximate surface area is 169 Å². The van der Waals surface area contributed by atoms with Crippen molar-refractivity contribution in [3.8, 4) is 11.4 Å². The van der Waals surface area contributed by atoms with Crippen LogP contribution in [0.3, 0.4) is 0 Å². The zero-order chi connectivity index (χ0) is 20.1. The first-order chi connectivity index (χ1) is 14.2. The molecule has 150 valence electrons. The number of hydrogen-bond acceptors (Lipinski definition) is 9. The second kappa shape index (κ2) is 8.78. The maximum atomic E-state index is 5.80. The van der Waals surface area contributed by atoms with E-state index < -0.39 is 0 Å². The number of anilines is 3. The second-order valence-corrected chi connectivity index (χ2v) is 6.84. The molecule has 9 heteroatoms. The maximum Gasteiger partial charge on any atom is 0.230 e. The van der Waals surface area contributed by atoms with Gasteiger partial charge in [-0.15, -0.1) is 0 Å². The summed E-state index contributed by atoms with van der Waals surface area (Å²) in [7, 11) is 0. The molecule has 0 spiro atoms. The van der Waals surface area contributed by atoms with Crippen LogP contribution in [0, 0.1) is 6.92 Å². The Hall–Kier alpha value is -3.33. The van der Waals surface area contributed by atoms with Crippen molar-refractivity contribution in [3.63, 3.8) is 0 Å². The molecule has 0 bridgehead atoms. The lowest BCUT2D eigenvalue weighted by Crippen LogP contribution is -2.37. The van der Waals surface area contributed by atoms with Crippen molar-refractivity contribution in [2.24, 2.45) is 0 Å². The predicted octanol–water partition coefficient (Wildman–Crippen LogP) is 1.71. The molecule has 1 fully saturated rings. The van der Waals surface area contributed by atoms with Gasteiger partial charge in [-0.3, -0.25) is 4.98 Å². The molecule has 29 heavy (non-hydrogen) atoms. The lowest BCUT2D eigenvalue weighted by Gasteiger charge is -2.27. The minimum absolute atomic E-state index is 0.475. The molecular weight excluding hydrogens is 368 g/mol. The number of ether oxygens (including phenoxy) is 1. The number of rotatable bonds is 6. The highest BCUT2D eigenvalue weighted by Gasteiger charge is 2.18. The Kier molecular flexibility index (Phi) is 5.76. The van der Waals surface area contributed by atoms with E-state index in [0.717, 1.165) is 36.2 Å². The molecule has 1 aliphatic rings. The summed E-state index contributed by atoms with van der Waals surface area (Å²) in [6, 6.07) is 5.81. The quantitative estimate of drug-likeness (QED) is 0.647. The Bertz CT molecular complexity index is 960. The van der Waals surface area contributed by atoms with Crippen LogP contribution in [0.5, 0.6) is 0 Å². The van der Waals surface area contributed by atoms with E-state index in [9.17, 15) is 0 Å². The number of pyridine rings is 2. The average Bonchev–Trinajstić information content (AvgIpc) is 2.75. The third-order valence-electron chi connectivity index (χ3n) is 4.71. The first kappa shape index (κ1) is 19.0. The van der Waals surface area contributed by atoms with Crippen LogP contribution in [-0.4, -0.2) is 57.8 Å². The van der Waals surface area contributed by atoms with Crippen molar-refractivity contribution < 1.29 is 4.74 Å². The number of nitrogens with two attached hydrogens (primary N) is 1. The standard InChI is InChI=1S/C20H24N8O/c1-14-11-17(21)24-13-16(14)18-25-19(23-6-4-15-3-2-5-22-12-15)27-20(26-18)28-7-9-29-10-8-28/h2-3,5,11-13H,4,6-10H2,1H3,(H2,21,24)(H,23,25,26,27). The van der Waals surface area contributed by atoms with Gasteiger partial charge in [0.1, 0.15) is 5.82 Å². The molecule has 3 aromatic heterocycles. The molecule has 0 amide bonds. The van der Waals surface area contributed by atoms with Gasteiger partial charge in [0.25, 0.3) is 0 Å². The fourth-order valence-electron chi connectivity index (χ4n) is 3.15. The summed E-state index contributed by atoms with van der Waals surface area (Å²) in [5, 5.41) is 3.32. The van der Waals surface area contributed by atoms with Crippen molar-refractivity contribution in [1.82, 2.24) is 24.9 Å². The molecule has 1 aliphatic heterocycles. The molecular formula is C20H24N8O. The summed E-state index contributed by atoms with van der Waals surface area (Å²) >= 11 is 0. The number of nitrogens with zero attached hydrogens (tertiary/aromatic N) is 6. The van der Waals surface area contributed by atoms with Crippen LogP contribution >= 0.6 is 0 Å². The van der Waals surface area contributed by atoms with Gasteiger partial charge < -0.3 is 20.7 Å². The van der Waals surface area contributed by atoms with E-state index in [1.54, 1.807) is 12.4 Å². The lowest BCUT2D eigenvalue weighted by molar-refractivity contribution is 0.122. The topological polar surface area (TPSA) is 115 Å². The number of nitrogens with one attached hydrogen (secondary N) is 1. The maximum absolute atomic E-state index is 5.80. The Morgan fingerprint density at radius 3 is 2.79 bits per heavy atom. The second-order valence-electron chi connectivity index (χ2n) is 6.84. The van der Waals surface area contributed by atoms with E-state index in [1.807, 2.05) is 25.3 Å². The van der Waals surface area contributed by atoms with Gasteiger partial charge in [-0.2, -0.15) is 15.0 Å². The van der Waals surface area contributed by atoms with Gasteiger partial charge in [0.15, 0.2) is 5.82 Å². The minimum atomic E-state index is 0.475. The monoisotopic (exact) mass is 392 g/mol. The summed E-state index contributed by atoms with van der Waals surface area (Å²) in [4.78, 5) is 24.4. The van der Waals surface area contributed by atoms with E-state index in [4.69, 9.17) is 15.5 Å². The molecule has 0 aliphatic carbocycles. The van der Waals surface area contributed by atoms with Gasteiger partial charge in [-0.05, 0) is 36.6 Å². The van der Waals surface area contributed by atoms with E-state index in [1.165, 1.54) is 0 Å². The van der Waals surface area contributed by atoms with Crippen LogP contribution in [-0.2, 0) is 11.2 Å². The number of aromatic nitrogens is 5. The van der Waals surface area contributed by atoms with Gasteiger partial charge in [0.05, 0.1) is 13.2 Å². The number of morpholine rings is 1. The molecule has 3 aromatic rings. The van der Waals surface area contributed by atoms with Gasteiger partial charge in [0, 0.05) is 43.8 Å². The Morgan fingerprint density at radius 2 is 2.03 bits per heavy atom.